The molecule has 4 heteroatoms. The Morgan fingerprint density at radius 3 is 2.27 bits per heavy atom. The van der Waals surface area contributed by atoms with Gasteiger partial charge >= 0.3 is 0 Å². The van der Waals surface area contributed by atoms with E-state index in [1.807, 2.05) is 25.1 Å². The summed E-state index contributed by atoms with van der Waals surface area (Å²) in [6.45, 7) is 6.19. The van der Waals surface area contributed by atoms with Crippen molar-refractivity contribution in [2.75, 3.05) is 11.1 Å². The molecule has 0 spiro atoms. The Kier molecular flexibility index (Phi) is 5.52. The van der Waals surface area contributed by atoms with Crippen molar-refractivity contribution in [3.63, 3.8) is 0 Å². The molecule has 1 aromatic heterocycles. The first-order valence-electron chi connectivity index (χ1n) is 9.03. The molecule has 3 N–H and O–H groups in total. The second-order valence-corrected chi connectivity index (χ2v) is 6.76. The quantitative estimate of drug-likeness (QED) is 0.683. The van der Waals surface area contributed by atoms with E-state index in [4.69, 9.17) is 5.73 Å². The van der Waals surface area contributed by atoms with E-state index in [-0.39, 0.29) is 6.04 Å². The first-order valence-corrected chi connectivity index (χ1v) is 9.03. The maximum atomic E-state index is 6.23. The minimum atomic E-state index is 0.119. The van der Waals surface area contributed by atoms with E-state index in [0.717, 1.165) is 24.1 Å². The molecular formula is C22H26N4. The van der Waals surface area contributed by atoms with Crippen molar-refractivity contribution in [1.82, 2.24) is 9.97 Å². The van der Waals surface area contributed by atoms with Gasteiger partial charge < -0.3 is 11.1 Å². The van der Waals surface area contributed by atoms with Gasteiger partial charge in [0.2, 0.25) is 5.95 Å². The summed E-state index contributed by atoms with van der Waals surface area (Å²) >= 11 is 0. The second-order valence-electron chi connectivity index (χ2n) is 6.76. The molecule has 134 valence electrons. The second kappa shape index (κ2) is 8.00. The summed E-state index contributed by atoms with van der Waals surface area (Å²) in [4.78, 5) is 9.11. The monoisotopic (exact) mass is 346 g/mol. The van der Waals surface area contributed by atoms with Crippen LogP contribution in [0, 0.1) is 13.8 Å². The highest BCUT2D eigenvalue weighted by Crippen LogP contribution is 2.21. The van der Waals surface area contributed by atoms with Gasteiger partial charge in [-0.15, -0.1) is 0 Å². The predicted octanol–water partition coefficient (Wildman–Crippen LogP) is 4.63. The molecule has 0 saturated heterocycles. The van der Waals surface area contributed by atoms with Crippen molar-refractivity contribution in [2.45, 2.75) is 39.7 Å². The number of benzene rings is 2. The van der Waals surface area contributed by atoms with Gasteiger partial charge in [0.1, 0.15) is 5.82 Å². The zero-order valence-electron chi connectivity index (χ0n) is 15.7. The van der Waals surface area contributed by atoms with Gasteiger partial charge in [-0.3, -0.25) is 0 Å². The summed E-state index contributed by atoms with van der Waals surface area (Å²) in [7, 11) is 0. The van der Waals surface area contributed by atoms with E-state index in [1.54, 1.807) is 0 Å². The number of nitrogen functional groups attached to an aromatic ring is 1. The predicted molar refractivity (Wildman–Crippen MR) is 108 cm³/mol. The number of nitrogens with two attached hydrogens (primary N) is 1. The normalized spacial score (nSPS) is 12.0. The summed E-state index contributed by atoms with van der Waals surface area (Å²) in [5, 5.41) is 3.34. The lowest BCUT2D eigenvalue weighted by Crippen LogP contribution is -2.13. The minimum absolute atomic E-state index is 0.119. The molecule has 1 heterocycles. The van der Waals surface area contributed by atoms with E-state index >= 15 is 0 Å². The van der Waals surface area contributed by atoms with E-state index < -0.39 is 0 Å². The van der Waals surface area contributed by atoms with Gasteiger partial charge in [-0.1, -0.05) is 60.2 Å². The molecule has 0 radical (unpaired) electrons. The molecule has 0 unspecified atom stereocenters. The lowest BCUT2D eigenvalue weighted by atomic mass is 10.0. The van der Waals surface area contributed by atoms with Crippen LogP contribution in [-0.4, -0.2) is 9.97 Å². The molecule has 4 nitrogen and oxygen atoms in total. The van der Waals surface area contributed by atoms with Crippen LogP contribution in [0.3, 0.4) is 0 Å². The number of nitrogens with one attached hydrogen (secondary N) is 1. The van der Waals surface area contributed by atoms with Crippen LogP contribution in [-0.2, 0) is 12.8 Å². The molecule has 26 heavy (non-hydrogen) atoms. The van der Waals surface area contributed by atoms with Crippen LogP contribution < -0.4 is 11.1 Å². The molecule has 0 aliphatic carbocycles. The third-order valence-electron chi connectivity index (χ3n) is 4.68. The van der Waals surface area contributed by atoms with Gasteiger partial charge in [0, 0.05) is 11.3 Å². The first kappa shape index (κ1) is 17.9. The molecule has 0 amide bonds. The Bertz CT molecular complexity index is 834. The van der Waals surface area contributed by atoms with Gasteiger partial charge in [0.15, 0.2) is 0 Å². The number of anilines is 2. The Labute approximate surface area is 155 Å². The third-order valence-corrected chi connectivity index (χ3v) is 4.68. The molecule has 0 saturated carbocycles. The van der Waals surface area contributed by atoms with Crippen molar-refractivity contribution < 1.29 is 0 Å². The van der Waals surface area contributed by atoms with Gasteiger partial charge in [0.25, 0.3) is 0 Å². The van der Waals surface area contributed by atoms with E-state index in [9.17, 15) is 0 Å². The van der Waals surface area contributed by atoms with Crippen LogP contribution in [0.2, 0.25) is 0 Å². The van der Waals surface area contributed by atoms with Crippen LogP contribution in [0.5, 0.6) is 0 Å². The summed E-state index contributed by atoms with van der Waals surface area (Å²) in [6, 6.07) is 19.0. The highest BCUT2D eigenvalue weighted by molar-refractivity contribution is 5.48. The number of hydrogen-bond donors (Lipinski definition) is 2. The van der Waals surface area contributed by atoms with Crippen LogP contribution in [0.1, 0.15) is 40.9 Å². The molecule has 1 atom stereocenters. The Morgan fingerprint density at radius 1 is 0.923 bits per heavy atom. The van der Waals surface area contributed by atoms with Crippen LogP contribution >= 0.6 is 0 Å². The van der Waals surface area contributed by atoms with Gasteiger partial charge in [-0.2, -0.15) is 4.98 Å². The number of aryl methyl sites for hydroxylation is 3. The maximum absolute atomic E-state index is 6.23. The average Bonchev–Trinajstić information content (AvgIpc) is 2.63. The molecule has 3 aromatic rings. The smallest absolute Gasteiger partial charge is 0.225 e. The van der Waals surface area contributed by atoms with Crippen LogP contribution in [0.15, 0.2) is 54.6 Å². The van der Waals surface area contributed by atoms with Gasteiger partial charge in [-0.25, -0.2) is 4.98 Å². The average molecular weight is 346 g/mol. The van der Waals surface area contributed by atoms with Gasteiger partial charge in [0.05, 0.1) is 6.04 Å². The zero-order chi connectivity index (χ0) is 18.5. The largest absolute Gasteiger partial charge is 0.383 e. The Hall–Kier alpha value is -2.88. The standard InChI is InChI=1S/C22H26N4/c1-15-9-11-18(12-10-15)13-14-20-17(3)25-22(26-21(20)23)24-16(2)19-7-5-4-6-8-19/h4-12,16H,13-14H2,1-3H3,(H3,23,24,25,26)/t16-/m0/s1. The summed E-state index contributed by atoms with van der Waals surface area (Å²) in [5.41, 5.74) is 12.0. The summed E-state index contributed by atoms with van der Waals surface area (Å²) in [5.74, 6) is 1.14. The number of nitrogens with zero attached hydrogens (tertiary/aromatic N) is 2. The van der Waals surface area contributed by atoms with Crippen molar-refractivity contribution in [2.24, 2.45) is 0 Å². The van der Waals surface area contributed by atoms with Crippen molar-refractivity contribution in [1.29, 1.82) is 0 Å². The Balaban J connectivity index is 1.70. The molecular weight excluding hydrogens is 320 g/mol. The molecule has 0 bridgehead atoms. The summed E-state index contributed by atoms with van der Waals surface area (Å²) in [6.07, 6.45) is 1.77. The fourth-order valence-corrected chi connectivity index (χ4v) is 3.03. The van der Waals surface area contributed by atoms with Gasteiger partial charge in [-0.05, 0) is 44.7 Å². The maximum Gasteiger partial charge on any atom is 0.225 e. The molecule has 3 rings (SSSR count). The van der Waals surface area contributed by atoms with Crippen molar-refractivity contribution in [3.8, 4) is 0 Å². The lowest BCUT2D eigenvalue weighted by molar-refractivity contribution is 0.848. The van der Waals surface area contributed by atoms with E-state index in [1.165, 1.54) is 16.7 Å². The number of hydrogen-bond acceptors (Lipinski definition) is 4. The highest BCUT2D eigenvalue weighted by atomic mass is 15.1. The molecule has 0 aliphatic rings. The Morgan fingerprint density at radius 2 is 1.62 bits per heavy atom. The number of aromatic nitrogens is 2. The summed E-state index contributed by atoms with van der Waals surface area (Å²) < 4.78 is 0. The van der Waals surface area contributed by atoms with E-state index in [2.05, 4.69) is 65.5 Å². The molecule has 0 fully saturated rings. The zero-order valence-corrected chi connectivity index (χ0v) is 15.7. The van der Waals surface area contributed by atoms with E-state index in [0.29, 0.717) is 11.8 Å². The van der Waals surface area contributed by atoms with Crippen molar-refractivity contribution >= 4 is 11.8 Å². The SMILES string of the molecule is Cc1ccc(CCc2c(C)nc(N[C@@H](C)c3ccccc3)nc2N)cc1. The van der Waals surface area contributed by atoms with Crippen LogP contribution in [0.4, 0.5) is 11.8 Å². The topological polar surface area (TPSA) is 63.8 Å². The van der Waals surface area contributed by atoms with Crippen LogP contribution in [0.25, 0.3) is 0 Å². The first-order chi connectivity index (χ1) is 12.5. The molecule has 2 aromatic carbocycles. The minimum Gasteiger partial charge on any atom is -0.383 e. The van der Waals surface area contributed by atoms with Crippen molar-refractivity contribution in [3.05, 3.63) is 82.5 Å². The fourth-order valence-electron chi connectivity index (χ4n) is 3.03. The third kappa shape index (κ3) is 4.39. The number of rotatable bonds is 6. The molecule has 0 aliphatic heterocycles. The highest BCUT2D eigenvalue weighted by Gasteiger charge is 2.12. The fraction of sp³-hybridized carbons (Fsp3) is 0.273. The lowest BCUT2D eigenvalue weighted by Gasteiger charge is -2.16.